The largest absolute Gasteiger partial charge is 0.491 e. The third-order valence-electron chi connectivity index (χ3n) is 6.29. The molecule has 2 aliphatic heterocycles. The van der Waals surface area contributed by atoms with Crippen molar-refractivity contribution in [3.63, 3.8) is 0 Å². The van der Waals surface area contributed by atoms with Gasteiger partial charge in [-0.1, -0.05) is 12.1 Å². The molecule has 158 valence electrons. The van der Waals surface area contributed by atoms with Crippen LogP contribution in [-0.2, 0) is 11.2 Å². The lowest BCUT2D eigenvalue weighted by molar-refractivity contribution is -0.115. The Balaban J connectivity index is 1.06. The number of carbonyl (C=O) groups excluding carboxylic acids is 1. The zero-order chi connectivity index (χ0) is 20.5. The number of nitrogens with one attached hydrogen (secondary N) is 1. The van der Waals surface area contributed by atoms with Gasteiger partial charge >= 0.3 is 0 Å². The molecule has 6 heteroatoms. The van der Waals surface area contributed by atoms with E-state index in [1.807, 2.05) is 18.2 Å². The van der Waals surface area contributed by atoms with Gasteiger partial charge in [-0.2, -0.15) is 0 Å². The summed E-state index contributed by atoms with van der Waals surface area (Å²) in [5, 5.41) is 13.2. The molecule has 1 saturated heterocycles. The topological polar surface area (TPSA) is 65.0 Å². The van der Waals surface area contributed by atoms with Gasteiger partial charge in [0.15, 0.2) is 0 Å². The summed E-state index contributed by atoms with van der Waals surface area (Å²) in [4.78, 5) is 16.2. The van der Waals surface area contributed by atoms with Gasteiger partial charge < -0.3 is 20.1 Å². The van der Waals surface area contributed by atoms with Crippen molar-refractivity contribution in [2.24, 2.45) is 0 Å². The number of rotatable bonds is 7. The van der Waals surface area contributed by atoms with Gasteiger partial charge in [-0.3, -0.25) is 9.69 Å². The summed E-state index contributed by atoms with van der Waals surface area (Å²) in [6, 6.07) is 14.7. The van der Waals surface area contributed by atoms with Crippen LogP contribution >= 0.6 is 0 Å². The maximum absolute atomic E-state index is 11.5. The molecule has 2 aromatic rings. The van der Waals surface area contributed by atoms with Crippen LogP contribution in [0.25, 0.3) is 0 Å². The van der Waals surface area contributed by atoms with Gasteiger partial charge in [0, 0.05) is 44.1 Å². The lowest BCUT2D eigenvalue weighted by Gasteiger charge is -2.37. The standard InChI is InChI=1S/C24H29N3O3/c28-21(16-30-22-7-8-23-19(13-22)14-24(29)25-23)15-26-9-11-27(12-10-26)20-5-3-18(4-6-20)17-1-2-17/h3-8,13,17,21,28H,1-2,9-12,14-16H2,(H,25,29)/t21-/m0/s1. The molecule has 1 amide bonds. The molecule has 0 unspecified atom stereocenters. The quantitative estimate of drug-likeness (QED) is 0.739. The van der Waals surface area contributed by atoms with Crippen molar-refractivity contribution >= 4 is 17.3 Å². The Morgan fingerprint density at radius 1 is 1.07 bits per heavy atom. The van der Waals surface area contributed by atoms with Crippen molar-refractivity contribution in [3.8, 4) is 5.75 Å². The Labute approximate surface area is 177 Å². The minimum atomic E-state index is -0.539. The molecule has 2 aromatic carbocycles. The number of amides is 1. The molecule has 3 aliphatic rings. The van der Waals surface area contributed by atoms with Crippen LogP contribution in [0.1, 0.15) is 29.9 Å². The third kappa shape index (κ3) is 4.45. The Hall–Kier alpha value is -2.57. The van der Waals surface area contributed by atoms with Crippen molar-refractivity contribution in [1.29, 1.82) is 0 Å². The van der Waals surface area contributed by atoms with E-state index in [4.69, 9.17) is 4.74 Å². The molecule has 2 heterocycles. The number of β-amino-alcohol motifs (C(OH)–C–C–N with tert-alkyl or cyclic N) is 1. The molecule has 1 atom stereocenters. The van der Waals surface area contributed by atoms with Crippen LogP contribution in [0.15, 0.2) is 42.5 Å². The number of fused-ring (bicyclic) bond motifs is 1. The summed E-state index contributed by atoms with van der Waals surface area (Å²) in [6.07, 6.45) is 2.53. The van der Waals surface area contributed by atoms with Crippen molar-refractivity contribution in [3.05, 3.63) is 53.6 Å². The highest BCUT2D eigenvalue weighted by Crippen LogP contribution is 2.40. The number of hydrogen-bond acceptors (Lipinski definition) is 5. The van der Waals surface area contributed by atoms with Crippen LogP contribution in [0.3, 0.4) is 0 Å². The van der Waals surface area contributed by atoms with Crippen molar-refractivity contribution < 1.29 is 14.6 Å². The van der Waals surface area contributed by atoms with Gasteiger partial charge in [0.1, 0.15) is 18.5 Å². The fraction of sp³-hybridized carbons (Fsp3) is 0.458. The van der Waals surface area contributed by atoms with Crippen LogP contribution in [0, 0.1) is 0 Å². The summed E-state index contributed by atoms with van der Waals surface area (Å²) < 4.78 is 5.77. The highest BCUT2D eigenvalue weighted by Gasteiger charge is 2.24. The fourth-order valence-electron chi connectivity index (χ4n) is 4.40. The Morgan fingerprint density at radius 2 is 1.83 bits per heavy atom. The molecular weight excluding hydrogens is 378 g/mol. The molecule has 0 spiro atoms. The van der Waals surface area contributed by atoms with Crippen LogP contribution in [0.2, 0.25) is 0 Å². The second-order valence-corrected chi connectivity index (χ2v) is 8.66. The molecule has 0 radical (unpaired) electrons. The lowest BCUT2D eigenvalue weighted by Crippen LogP contribution is -2.49. The van der Waals surface area contributed by atoms with E-state index in [1.54, 1.807) is 0 Å². The van der Waals surface area contributed by atoms with Crippen molar-refractivity contribution in [1.82, 2.24) is 4.90 Å². The predicted octanol–water partition coefficient (Wildman–Crippen LogP) is 2.62. The van der Waals surface area contributed by atoms with E-state index in [-0.39, 0.29) is 12.5 Å². The average Bonchev–Trinajstić information content (AvgIpc) is 3.54. The van der Waals surface area contributed by atoms with E-state index in [9.17, 15) is 9.90 Å². The van der Waals surface area contributed by atoms with Gasteiger partial charge in [-0.25, -0.2) is 0 Å². The van der Waals surface area contributed by atoms with Crippen LogP contribution in [0.4, 0.5) is 11.4 Å². The van der Waals surface area contributed by atoms with E-state index in [1.165, 1.54) is 24.1 Å². The summed E-state index contributed by atoms with van der Waals surface area (Å²) in [6.45, 7) is 4.69. The number of anilines is 2. The van der Waals surface area contributed by atoms with E-state index in [0.717, 1.165) is 43.3 Å². The van der Waals surface area contributed by atoms with Crippen LogP contribution < -0.4 is 15.0 Å². The number of aliphatic hydroxyl groups is 1. The van der Waals surface area contributed by atoms with Crippen molar-refractivity contribution in [2.45, 2.75) is 31.3 Å². The first-order valence-corrected chi connectivity index (χ1v) is 10.9. The summed E-state index contributed by atoms with van der Waals surface area (Å²) in [5.74, 6) is 1.51. The molecule has 30 heavy (non-hydrogen) atoms. The first-order chi connectivity index (χ1) is 14.6. The Morgan fingerprint density at radius 3 is 2.57 bits per heavy atom. The van der Waals surface area contributed by atoms with Gasteiger partial charge in [-0.05, 0) is 60.2 Å². The Kier molecular flexibility index (Phi) is 5.35. The lowest BCUT2D eigenvalue weighted by atomic mass is 10.1. The zero-order valence-electron chi connectivity index (χ0n) is 17.2. The highest BCUT2D eigenvalue weighted by molar-refractivity contribution is 5.99. The zero-order valence-corrected chi connectivity index (χ0v) is 17.2. The Bertz CT molecular complexity index is 902. The summed E-state index contributed by atoms with van der Waals surface area (Å²) in [5.41, 5.74) is 4.58. The number of piperazine rings is 1. The van der Waals surface area contributed by atoms with Crippen molar-refractivity contribution in [2.75, 3.05) is 49.5 Å². The second-order valence-electron chi connectivity index (χ2n) is 8.66. The average molecular weight is 408 g/mol. The number of hydrogen-bond donors (Lipinski definition) is 2. The van der Waals surface area contributed by atoms with Crippen LogP contribution in [-0.4, -0.2) is 61.3 Å². The first kappa shape index (κ1) is 19.4. The summed E-state index contributed by atoms with van der Waals surface area (Å²) >= 11 is 0. The third-order valence-corrected chi connectivity index (χ3v) is 6.29. The number of ether oxygens (including phenoxy) is 1. The van der Waals surface area contributed by atoms with Gasteiger partial charge in [0.25, 0.3) is 0 Å². The number of aliphatic hydroxyl groups excluding tert-OH is 1. The maximum atomic E-state index is 11.5. The molecule has 0 aromatic heterocycles. The number of benzene rings is 2. The van der Waals surface area contributed by atoms with Crippen LogP contribution in [0.5, 0.6) is 5.75 Å². The fourth-order valence-corrected chi connectivity index (χ4v) is 4.40. The molecule has 5 rings (SSSR count). The van der Waals surface area contributed by atoms with E-state index in [0.29, 0.717) is 18.7 Å². The van der Waals surface area contributed by atoms with Gasteiger partial charge in [0.05, 0.1) is 6.42 Å². The summed E-state index contributed by atoms with van der Waals surface area (Å²) in [7, 11) is 0. The monoisotopic (exact) mass is 407 g/mol. The molecule has 2 fully saturated rings. The normalized spacial score (nSPS) is 20.0. The minimum Gasteiger partial charge on any atom is -0.491 e. The first-order valence-electron chi connectivity index (χ1n) is 10.9. The molecule has 6 nitrogen and oxygen atoms in total. The SMILES string of the molecule is O=C1Cc2cc(OC[C@@H](O)CN3CCN(c4ccc(C5CC5)cc4)CC3)ccc2N1. The number of carbonyl (C=O) groups is 1. The maximum Gasteiger partial charge on any atom is 0.228 e. The van der Waals surface area contributed by atoms with E-state index < -0.39 is 6.10 Å². The molecular formula is C24H29N3O3. The molecule has 2 N–H and O–H groups in total. The van der Waals surface area contributed by atoms with E-state index in [2.05, 4.69) is 39.4 Å². The minimum absolute atomic E-state index is 0.0141. The molecule has 1 aliphatic carbocycles. The predicted molar refractivity (Wildman–Crippen MR) is 117 cm³/mol. The van der Waals surface area contributed by atoms with Gasteiger partial charge in [-0.15, -0.1) is 0 Å². The van der Waals surface area contributed by atoms with Gasteiger partial charge in [0.2, 0.25) is 5.91 Å². The molecule has 0 bridgehead atoms. The number of nitrogens with zero attached hydrogens (tertiary/aromatic N) is 2. The van der Waals surface area contributed by atoms with E-state index >= 15 is 0 Å². The second kappa shape index (κ2) is 8.28. The molecule has 1 saturated carbocycles. The highest BCUT2D eigenvalue weighted by atomic mass is 16.5. The smallest absolute Gasteiger partial charge is 0.228 e.